The van der Waals surface area contributed by atoms with E-state index < -0.39 is 5.97 Å². The van der Waals surface area contributed by atoms with Crippen molar-refractivity contribution in [1.82, 2.24) is 4.98 Å². The fourth-order valence-corrected chi connectivity index (χ4v) is 1.63. The van der Waals surface area contributed by atoms with Crippen LogP contribution in [0.4, 0.5) is 5.69 Å². The molecule has 0 aliphatic rings. The zero-order valence-electron chi connectivity index (χ0n) is 10.3. The summed E-state index contributed by atoms with van der Waals surface area (Å²) in [7, 11) is 1.63. The van der Waals surface area contributed by atoms with Gasteiger partial charge in [-0.25, -0.2) is 4.79 Å². The van der Waals surface area contributed by atoms with E-state index in [0.29, 0.717) is 11.3 Å². The second-order valence-electron chi connectivity index (χ2n) is 3.96. The van der Waals surface area contributed by atoms with Crippen molar-refractivity contribution < 1.29 is 14.7 Å². The van der Waals surface area contributed by atoms with Gasteiger partial charge in [0.05, 0.1) is 11.1 Å². The summed E-state index contributed by atoms with van der Waals surface area (Å²) in [6.07, 6.45) is 3.09. The monoisotopic (exact) mass is 256 g/mol. The van der Waals surface area contributed by atoms with Gasteiger partial charge in [-0.2, -0.15) is 0 Å². The van der Waals surface area contributed by atoms with Gasteiger partial charge in [0.15, 0.2) is 0 Å². The third kappa shape index (κ3) is 2.77. The highest BCUT2D eigenvalue weighted by molar-refractivity contribution is 6.05. The van der Waals surface area contributed by atoms with Crippen molar-refractivity contribution in [1.29, 1.82) is 0 Å². The van der Waals surface area contributed by atoms with Crippen LogP contribution >= 0.6 is 0 Å². The van der Waals surface area contributed by atoms with Gasteiger partial charge in [0, 0.05) is 25.1 Å². The first-order valence-corrected chi connectivity index (χ1v) is 5.61. The van der Waals surface area contributed by atoms with E-state index in [0.717, 1.165) is 0 Å². The number of carboxylic acid groups (broad SMARTS) is 1. The summed E-state index contributed by atoms with van der Waals surface area (Å²) in [6.45, 7) is 0. The molecule has 0 spiro atoms. The summed E-state index contributed by atoms with van der Waals surface area (Å²) in [6, 6.07) is 9.48. The Labute approximate surface area is 110 Å². The number of hydrogen-bond acceptors (Lipinski definition) is 3. The van der Waals surface area contributed by atoms with Crippen LogP contribution < -0.4 is 4.90 Å². The lowest BCUT2D eigenvalue weighted by molar-refractivity contribution is 0.0696. The van der Waals surface area contributed by atoms with Gasteiger partial charge in [0.2, 0.25) is 0 Å². The van der Waals surface area contributed by atoms with Gasteiger partial charge in [-0.3, -0.25) is 9.78 Å². The number of anilines is 1. The molecule has 1 heterocycles. The minimum absolute atomic E-state index is 0.186. The number of carbonyl (C=O) groups is 2. The molecule has 0 unspecified atom stereocenters. The van der Waals surface area contributed by atoms with Crippen molar-refractivity contribution in [2.75, 3.05) is 11.9 Å². The molecule has 0 saturated heterocycles. The van der Waals surface area contributed by atoms with Crippen molar-refractivity contribution in [2.45, 2.75) is 0 Å². The normalized spacial score (nSPS) is 9.95. The molecule has 0 saturated carbocycles. The molecule has 19 heavy (non-hydrogen) atoms. The van der Waals surface area contributed by atoms with Crippen LogP contribution in [0.5, 0.6) is 0 Å². The standard InChI is InChI=1S/C14H12N2O3/c1-16(13(17)11-3-2-8-15-9-11)12-6-4-10(5-7-12)14(18)19/h2-9H,1H3,(H,18,19). The first kappa shape index (κ1) is 12.8. The number of aromatic carboxylic acids is 1. The summed E-state index contributed by atoms with van der Waals surface area (Å²) in [5, 5.41) is 8.81. The van der Waals surface area contributed by atoms with Gasteiger partial charge < -0.3 is 10.0 Å². The molecule has 2 aromatic rings. The first-order valence-electron chi connectivity index (χ1n) is 5.61. The van der Waals surface area contributed by atoms with Gasteiger partial charge >= 0.3 is 5.97 Å². The van der Waals surface area contributed by atoms with Crippen LogP contribution in [0.2, 0.25) is 0 Å². The molecule has 0 atom stereocenters. The molecule has 0 bridgehead atoms. The molecule has 0 aliphatic heterocycles. The lowest BCUT2D eigenvalue weighted by Gasteiger charge is -2.17. The van der Waals surface area contributed by atoms with E-state index in [1.807, 2.05) is 0 Å². The van der Waals surface area contributed by atoms with Crippen LogP contribution in [0.3, 0.4) is 0 Å². The highest BCUT2D eigenvalue weighted by Crippen LogP contribution is 2.16. The summed E-state index contributed by atoms with van der Waals surface area (Å²) in [5.41, 5.74) is 1.29. The van der Waals surface area contributed by atoms with Crippen LogP contribution in [0.25, 0.3) is 0 Å². The molecule has 5 nitrogen and oxygen atoms in total. The number of carbonyl (C=O) groups excluding carboxylic acids is 1. The fraction of sp³-hybridized carbons (Fsp3) is 0.0714. The van der Waals surface area contributed by atoms with E-state index in [1.165, 1.54) is 23.2 Å². The minimum Gasteiger partial charge on any atom is -0.478 e. The smallest absolute Gasteiger partial charge is 0.335 e. The number of hydrogen-bond donors (Lipinski definition) is 1. The molecule has 1 N–H and O–H groups in total. The molecule has 2 rings (SSSR count). The van der Waals surface area contributed by atoms with Crippen molar-refractivity contribution in [3.05, 3.63) is 59.9 Å². The average Bonchev–Trinajstić information content (AvgIpc) is 2.46. The predicted molar refractivity (Wildman–Crippen MR) is 70.4 cm³/mol. The van der Waals surface area contributed by atoms with Crippen LogP contribution in [0.15, 0.2) is 48.8 Å². The minimum atomic E-state index is -0.993. The average molecular weight is 256 g/mol. The van der Waals surface area contributed by atoms with Crippen molar-refractivity contribution in [3.8, 4) is 0 Å². The van der Waals surface area contributed by atoms with Gasteiger partial charge in [-0.1, -0.05) is 0 Å². The number of rotatable bonds is 3. The SMILES string of the molecule is CN(C(=O)c1cccnc1)c1ccc(C(=O)O)cc1. The van der Waals surface area contributed by atoms with Gasteiger partial charge in [-0.15, -0.1) is 0 Å². The van der Waals surface area contributed by atoms with Crippen LogP contribution in [-0.4, -0.2) is 29.0 Å². The topological polar surface area (TPSA) is 70.5 Å². The number of benzene rings is 1. The first-order chi connectivity index (χ1) is 9.09. The number of pyridine rings is 1. The van der Waals surface area contributed by atoms with E-state index in [1.54, 1.807) is 37.5 Å². The molecule has 1 aromatic carbocycles. The Hall–Kier alpha value is -2.69. The number of aromatic nitrogens is 1. The van der Waals surface area contributed by atoms with Gasteiger partial charge in [0.25, 0.3) is 5.91 Å². The summed E-state index contributed by atoms with van der Waals surface area (Å²) >= 11 is 0. The molecular weight excluding hydrogens is 244 g/mol. The zero-order valence-corrected chi connectivity index (χ0v) is 10.3. The quantitative estimate of drug-likeness (QED) is 0.912. The Bertz CT molecular complexity index is 594. The summed E-state index contributed by atoms with van der Waals surface area (Å²) in [5.74, 6) is -1.19. The van der Waals surface area contributed by atoms with E-state index in [4.69, 9.17) is 5.11 Å². The van der Waals surface area contributed by atoms with E-state index in [-0.39, 0.29) is 11.5 Å². The van der Waals surface area contributed by atoms with Gasteiger partial charge in [-0.05, 0) is 36.4 Å². The molecule has 96 valence electrons. The maximum Gasteiger partial charge on any atom is 0.335 e. The maximum absolute atomic E-state index is 12.1. The third-order valence-corrected chi connectivity index (χ3v) is 2.71. The largest absolute Gasteiger partial charge is 0.478 e. The van der Waals surface area contributed by atoms with E-state index >= 15 is 0 Å². The Morgan fingerprint density at radius 1 is 1.11 bits per heavy atom. The molecule has 1 amide bonds. The Morgan fingerprint density at radius 2 is 1.79 bits per heavy atom. The molecule has 0 aliphatic carbocycles. The molecule has 0 radical (unpaired) electrons. The van der Waals surface area contributed by atoms with E-state index in [2.05, 4.69) is 4.98 Å². The van der Waals surface area contributed by atoms with Gasteiger partial charge in [0.1, 0.15) is 0 Å². The number of amides is 1. The van der Waals surface area contributed by atoms with Crippen molar-refractivity contribution in [2.24, 2.45) is 0 Å². The molecule has 1 aromatic heterocycles. The zero-order chi connectivity index (χ0) is 13.8. The summed E-state index contributed by atoms with van der Waals surface area (Å²) in [4.78, 5) is 28.2. The Balaban J connectivity index is 2.22. The highest BCUT2D eigenvalue weighted by atomic mass is 16.4. The Kier molecular flexibility index (Phi) is 3.56. The predicted octanol–water partition coefficient (Wildman–Crippen LogP) is 2.06. The lowest BCUT2D eigenvalue weighted by atomic mass is 10.2. The highest BCUT2D eigenvalue weighted by Gasteiger charge is 2.13. The van der Waals surface area contributed by atoms with Crippen molar-refractivity contribution in [3.63, 3.8) is 0 Å². The molecule has 0 fully saturated rings. The molecule has 5 heteroatoms. The lowest BCUT2D eigenvalue weighted by Crippen LogP contribution is -2.26. The van der Waals surface area contributed by atoms with Crippen LogP contribution in [0, 0.1) is 0 Å². The number of nitrogens with zero attached hydrogens (tertiary/aromatic N) is 2. The van der Waals surface area contributed by atoms with Crippen molar-refractivity contribution >= 4 is 17.6 Å². The summed E-state index contributed by atoms with van der Waals surface area (Å²) < 4.78 is 0. The second kappa shape index (κ2) is 5.30. The second-order valence-corrected chi connectivity index (χ2v) is 3.96. The fourth-order valence-electron chi connectivity index (χ4n) is 1.63. The van der Waals surface area contributed by atoms with Crippen LogP contribution in [0.1, 0.15) is 20.7 Å². The maximum atomic E-state index is 12.1. The van der Waals surface area contributed by atoms with E-state index in [9.17, 15) is 9.59 Å². The Morgan fingerprint density at radius 3 is 2.32 bits per heavy atom. The third-order valence-electron chi connectivity index (χ3n) is 2.71. The van der Waals surface area contributed by atoms with Crippen LogP contribution in [-0.2, 0) is 0 Å². The number of carboxylic acids is 1. The molecular formula is C14H12N2O3.